The van der Waals surface area contributed by atoms with Gasteiger partial charge in [0.05, 0.1) is 0 Å². The molecule has 2 aromatic carbocycles. The van der Waals surface area contributed by atoms with E-state index in [0.717, 1.165) is 22.4 Å². The molecule has 0 bridgehead atoms. The number of hydrogen-bond acceptors (Lipinski definition) is 2. The van der Waals surface area contributed by atoms with Crippen LogP contribution >= 0.6 is 0 Å². The van der Waals surface area contributed by atoms with E-state index in [0.29, 0.717) is 5.69 Å². The minimum absolute atomic E-state index is 0.252. The smallest absolute Gasteiger partial charge is 0.130 e. The fourth-order valence-corrected chi connectivity index (χ4v) is 2.34. The summed E-state index contributed by atoms with van der Waals surface area (Å²) in [4.78, 5) is 0. The van der Waals surface area contributed by atoms with Gasteiger partial charge in [0.15, 0.2) is 0 Å². The molecule has 1 radical (unpaired) electrons. The molecular formula is C17H15FNO. The molecule has 1 aliphatic heterocycles. The average Bonchev–Trinajstić information content (AvgIpc) is 2.37. The normalized spacial score (nSPS) is 16.1. The molecule has 2 nitrogen and oxygen atoms in total. The lowest BCUT2D eigenvalue weighted by Gasteiger charge is -2.30. The summed E-state index contributed by atoms with van der Waals surface area (Å²) >= 11 is 0. The average molecular weight is 268 g/mol. The summed E-state index contributed by atoms with van der Waals surface area (Å²) in [6.07, 6.45) is 3.34. The number of fused-ring (bicyclic) bond motifs is 1. The highest BCUT2D eigenvalue weighted by Gasteiger charge is 2.27. The van der Waals surface area contributed by atoms with Crippen LogP contribution in [0.15, 0.2) is 42.5 Å². The Morgan fingerprint density at radius 2 is 1.80 bits per heavy atom. The van der Waals surface area contributed by atoms with Crippen LogP contribution in [0.4, 0.5) is 10.1 Å². The molecule has 0 saturated carbocycles. The molecule has 101 valence electrons. The van der Waals surface area contributed by atoms with Crippen LogP contribution in [0.3, 0.4) is 0 Å². The van der Waals surface area contributed by atoms with Crippen molar-refractivity contribution in [2.75, 3.05) is 5.73 Å². The van der Waals surface area contributed by atoms with Gasteiger partial charge < -0.3 is 10.5 Å². The summed E-state index contributed by atoms with van der Waals surface area (Å²) in [5, 5.41) is 0. The molecule has 0 saturated heterocycles. The lowest BCUT2D eigenvalue weighted by atomic mass is 9.90. The molecular weight excluding hydrogens is 253 g/mol. The van der Waals surface area contributed by atoms with Crippen molar-refractivity contribution >= 4 is 11.3 Å². The molecule has 3 heteroatoms. The van der Waals surface area contributed by atoms with Gasteiger partial charge in [-0.1, -0.05) is 12.1 Å². The van der Waals surface area contributed by atoms with Crippen LogP contribution in [0.25, 0.3) is 5.57 Å². The number of hydrogen-bond donors (Lipinski definition) is 1. The molecule has 1 aliphatic rings. The van der Waals surface area contributed by atoms with Gasteiger partial charge in [-0.05, 0) is 43.7 Å². The molecule has 1 heterocycles. The Balaban J connectivity index is 2.18. The molecule has 0 unspecified atom stereocenters. The van der Waals surface area contributed by atoms with Crippen molar-refractivity contribution in [1.29, 1.82) is 0 Å². The first-order valence-corrected chi connectivity index (χ1v) is 6.45. The van der Waals surface area contributed by atoms with Gasteiger partial charge in [-0.25, -0.2) is 4.39 Å². The Hall–Kier alpha value is -2.29. The Morgan fingerprint density at radius 3 is 2.50 bits per heavy atom. The van der Waals surface area contributed by atoms with Crippen LogP contribution in [0, 0.1) is 11.9 Å². The van der Waals surface area contributed by atoms with E-state index >= 15 is 0 Å². The first-order chi connectivity index (χ1) is 9.44. The van der Waals surface area contributed by atoms with Gasteiger partial charge in [-0.2, -0.15) is 0 Å². The lowest BCUT2D eigenvalue weighted by Crippen LogP contribution is -2.29. The predicted molar refractivity (Wildman–Crippen MR) is 77.7 cm³/mol. The van der Waals surface area contributed by atoms with Crippen molar-refractivity contribution < 1.29 is 9.13 Å². The molecule has 2 N–H and O–H groups in total. The third-order valence-corrected chi connectivity index (χ3v) is 3.20. The summed E-state index contributed by atoms with van der Waals surface area (Å²) in [6, 6.07) is 11.9. The third kappa shape index (κ3) is 2.27. The number of rotatable bonds is 1. The first kappa shape index (κ1) is 12.7. The molecule has 0 aromatic heterocycles. The Labute approximate surface area is 117 Å². The second kappa shape index (κ2) is 4.37. The number of anilines is 1. The van der Waals surface area contributed by atoms with Crippen molar-refractivity contribution in [3.63, 3.8) is 0 Å². The first-order valence-electron chi connectivity index (χ1n) is 6.45. The molecule has 0 fully saturated rings. The van der Waals surface area contributed by atoms with Crippen LogP contribution in [0.2, 0.25) is 0 Å². The third-order valence-electron chi connectivity index (χ3n) is 3.20. The van der Waals surface area contributed by atoms with E-state index in [-0.39, 0.29) is 5.82 Å². The van der Waals surface area contributed by atoms with E-state index in [2.05, 4.69) is 6.08 Å². The number of ether oxygens (including phenoxy) is 1. The predicted octanol–water partition coefficient (Wildman–Crippen LogP) is 3.81. The highest BCUT2D eigenvalue weighted by molar-refractivity contribution is 5.84. The monoisotopic (exact) mass is 268 g/mol. The van der Waals surface area contributed by atoms with E-state index in [4.69, 9.17) is 10.5 Å². The van der Waals surface area contributed by atoms with E-state index in [9.17, 15) is 4.39 Å². The molecule has 3 rings (SSSR count). The van der Waals surface area contributed by atoms with Crippen molar-refractivity contribution in [2.45, 2.75) is 19.4 Å². The maximum Gasteiger partial charge on any atom is 0.130 e. The van der Waals surface area contributed by atoms with Gasteiger partial charge in [0, 0.05) is 29.0 Å². The number of nitrogens with two attached hydrogens (primary N) is 1. The van der Waals surface area contributed by atoms with Crippen LogP contribution in [0.1, 0.15) is 25.0 Å². The highest BCUT2D eigenvalue weighted by atomic mass is 19.1. The van der Waals surface area contributed by atoms with Gasteiger partial charge in [0.1, 0.15) is 17.2 Å². The van der Waals surface area contributed by atoms with Gasteiger partial charge in [-0.15, -0.1) is 0 Å². The lowest BCUT2D eigenvalue weighted by molar-refractivity contribution is 0.150. The van der Waals surface area contributed by atoms with Crippen LogP contribution in [0.5, 0.6) is 5.75 Å². The fraction of sp³-hybridized carbons (Fsp3) is 0.176. The Morgan fingerprint density at radius 1 is 1.10 bits per heavy atom. The van der Waals surface area contributed by atoms with Crippen LogP contribution in [-0.4, -0.2) is 5.60 Å². The van der Waals surface area contributed by atoms with E-state index in [1.807, 2.05) is 26.0 Å². The maximum absolute atomic E-state index is 13.1. The van der Waals surface area contributed by atoms with Crippen molar-refractivity contribution in [3.05, 3.63) is 65.5 Å². The van der Waals surface area contributed by atoms with Crippen LogP contribution < -0.4 is 10.5 Å². The second-order valence-electron chi connectivity index (χ2n) is 5.37. The van der Waals surface area contributed by atoms with Gasteiger partial charge >= 0.3 is 0 Å². The molecule has 20 heavy (non-hydrogen) atoms. The number of halogens is 1. The van der Waals surface area contributed by atoms with Gasteiger partial charge in [0.25, 0.3) is 0 Å². The Kier molecular flexibility index (Phi) is 2.78. The number of benzene rings is 2. The topological polar surface area (TPSA) is 35.2 Å². The van der Waals surface area contributed by atoms with Crippen LogP contribution in [-0.2, 0) is 0 Å². The zero-order chi connectivity index (χ0) is 14.3. The molecule has 0 atom stereocenters. The standard InChI is InChI=1S/C17H15FNO/c1-17(2)10-15(11-3-5-12(18)6-4-11)14-8-7-13(19)9-16(14)20-17/h3-9H,19H2,1-2H3. The largest absolute Gasteiger partial charge is 0.482 e. The fourth-order valence-electron chi connectivity index (χ4n) is 2.34. The summed E-state index contributed by atoms with van der Waals surface area (Å²) < 4.78 is 19.0. The van der Waals surface area contributed by atoms with Gasteiger partial charge in [0.2, 0.25) is 0 Å². The Bertz CT molecular complexity index is 687. The quantitative estimate of drug-likeness (QED) is 0.798. The van der Waals surface area contributed by atoms with Crippen molar-refractivity contribution in [1.82, 2.24) is 0 Å². The van der Waals surface area contributed by atoms with Crippen molar-refractivity contribution in [3.8, 4) is 5.75 Å². The SMILES string of the molecule is CC1(C)[C]=C(c2ccc(F)cc2)c2ccc(N)cc2O1. The van der Waals surface area contributed by atoms with E-state index in [1.165, 1.54) is 12.1 Å². The van der Waals surface area contributed by atoms with Gasteiger partial charge in [-0.3, -0.25) is 0 Å². The van der Waals surface area contributed by atoms with Crippen molar-refractivity contribution in [2.24, 2.45) is 0 Å². The summed E-state index contributed by atoms with van der Waals surface area (Å²) in [6.45, 7) is 3.87. The molecule has 0 amide bonds. The molecule has 0 spiro atoms. The number of nitrogen functional groups attached to an aromatic ring is 1. The molecule has 2 aromatic rings. The van der Waals surface area contributed by atoms with E-state index in [1.54, 1.807) is 18.2 Å². The zero-order valence-corrected chi connectivity index (χ0v) is 11.4. The summed E-state index contributed by atoms with van der Waals surface area (Å²) in [5.41, 5.74) is 8.66. The molecule has 0 aliphatic carbocycles. The second-order valence-corrected chi connectivity index (χ2v) is 5.37. The highest BCUT2D eigenvalue weighted by Crippen LogP contribution is 2.39. The zero-order valence-electron chi connectivity index (χ0n) is 11.4. The minimum atomic E-state index is -0.551. The maximum atomic E-state index is 13.1. The minimum Gasteiger partial charge on any atom is -0.482 e. The summed E-state index contributed by atoms with van der Waals surface area (Å²) in [7, 11) is 0. The summed E-state index contributed by atoms with van der Waals surface area (Å²) in [5.74, 6) is 0.478. The van der Waals surface area contributed by atoms with E-state index < -0.39 is 5.60 Å².